The Balaban J connectivity index is 1.41. The smallest absolute Gasteiger partial charge is 0.244 e. The summed E-state index contributed by atoms with van der Waals surface area (Å²) in [6, 6.07) is 10.0. The average Bonchev–Trinajstić information content (AvgIpc) is 3.32. The molecule has 1 fully saturated rings. The van der Waals surface area contributed by atoms with Gasteiger partial charge in [-0.1, -0.05) is 41.9 Å². The number of carbonyl (C=O) groups is 1. The number of halogens is 1. The molecule has 0 bridgehead atoms. The van der Waals surface area contributed by atoms with E-state index in [-0.39, 0.29) is 12.0 Å². The molecule has 156 valence electrons. The highest BCUT2D eigenvalue weighted by molar-refractivity contribution is 6.31. The van der Waals surface area contributed by atoms with Crippen molar-refractivity contribution < 1.29 is 14.3 Å². The maximum atomic E-state index is 12.0. The van der Waals surface area contributed by atoms with E-state index in [1.165, 1.54) is 6.08 Å². The van der Waals surface area contributed by atoms with E-state index < -0.39 is 0 Å². The first-order valence-electron chi connectivity index (χ1n) is 10.1. The maximum Gasteiger partial charge on any atom is 0.244 e. The van der Waals surface area contributed by atoms with E-state index in [4.69, 9.17) is 21.1 Å². The van der Waals surface area contributed by atoms with Crippen molar-refractivity contribution in [3.05, 3.63) is 58.4 Å². The Morgan fingerprint density at radius 3 is 3.00 bits per heavy atom. The van der Waals surface area contributed by atoms with Gasteiger partial charge < -0.3 is 14.8 Å². The van der Waals surface area contributed by atoms with Crippen molar-refractivity contribution in [1.82, 2.24) is 15.1 Å². The largest absolute Gasteiger partial charge is 0.379 e. The van der Waals surface area contributed by atoms with Gasteiger partial charge in [0.05, 0.1) is 24.9 Å². The minimum Gasteiger partial charge on any atom is -0.379 e. The summed E-state index contributed by atoms with van der Waals surface area (Å²) in [4.78, 5) is 12.0. The Morgan fingerprint density at radius 1 is 1.41 bits per heavy atom. The molecule has 1 saturated heterocycles. The van der Waals surface area contributed by atoms with Gasteiger partial charge in [0.25, 0.3) is 0 Å². The molecule has 1 aliphatic rings. The highest BCUT2D eigenvalue weighted by atomic mass is 35.5. The van der Waals surface area contributed by atoms with Crippen LogP contribution in [-0.4, -0.2) is 48.2 Å². The van der Waals surface area contributed by atoms with Crippen LogP contribution in [0.15, 0.2) is 36.4 Å². The first kappa shape index (κ1) is 21.6. The second-order valence-electron chi connectivity index (χ2n) is 7.12. The molecule has 1 amide bonds. The number of amides is 1. The van der Waals surface area contributed by atoms with Gasteiger partial charge in [0.15, 0.2) is 0 Å². The Kier molecular flexibility index (Phi) is 8.28. The van der Waals surface area contributed by atoms with Gasteiger partial charge in [-0.2, -0.15) is 5.10 Å². The number of carbonyl (C=O) groups excluding carboxylic acids is 1. The van der Waals surface area contributed by atoms with Crippen LogP contribution in [0.1, 0.15) is 36.1 Å². The third kappa shape index (κ3) is 6.70. The van der Waals surface area contributed by atoms with Gasteiger partial charge in [-0.15, -0.1) is 0 Å². The molecule has 1 aromatic heterocycles. The number of hydrogen-bond acceptors (Lipinski definition) is 4. The third-order valence-electron chi connectivity index (χ3n) is 4.78. The van der Waals surface area contributed by atoms with E-state index in [0.29, 0.717) is 31.5 Å². The van der Waals surface area contributed by atoms with Gasteiger partial charge in [-0.25, -0.2) is 4.68 Å². The quantitative estimate of drug-likeness (QED) is 0.473. The average molecular weight is 418 g/mol. The van der Waals surface area contributed by atoms with E-state index in [1.54, 1.807) is 10.8 Å². The first-order chi connectivity index (χ1) is 14.1. The molecule has 3 rings (SSSR count). The summed E-state index contributed by atoms with van der Waals surface area (Å²) in [6.45, 7) is 5.13. The lowest BCUT2D eigenvalue weighted by Gasteiger charge is -2.09. The van der Waals surface area contributed by atoms with Crippen LogP contribution in [0, 0.1) is 6.92 Å². The van der Waals surface area contributed by atoms with Crippen molar-refractivity contribution in [3.8, 4) is 0 Å². The van der Waals surface area contributed by atoms with E-state index in [1.807, 2.05) is 37.3 Å². The van der Waals surface area contributed by atoms with Gasteiger partial charge in [-0.3, -0.25) is 4.79 Å². The van der Waals surface area contributed by atoms with Crippen LogP contribution in [0.3, 0.4) is 0 Å². The van der Waals surface area contributed by atoms with Gasteiger partial charge in [0, 0.05) is 31.4 Å². The summed E-state index contributed by atoms with van der Waals surface area (Å²) in [6.07, 6.45) is 6.41. The molecule has 1 unspecified atom stereocenters. The Bertz CT molecular complexity index is 814. The monoisotopic (exact) mass is 417 g/mol. The molecule has 0 radical (unpaired) electrons. The summed E-state index contributed by atoms with van der Waals surface area (Å²) < 4.78 is 12.8. The second-order valence-corrected chi connectivity index (χ2v) is 7.48. The molecule has 2 aromatic rings. The molecular formula is C22H28ClN3O3. The molecule has 1 aliphatic heterocycles. The highest BCUT2D eigenvalue weighted by Gasteiger charge is 2.15. The second kappa shape index (κ2) is 11.1. The summed E-state index contributed by atoms with van der Waals surface area (Å²) in [5.74, 6) is -0.157. The minimum absolute atomic E-state index is 0.157. The van der Waals surface area contributed by atoms with Crippen molar-refractivity contribution in [2.75, 3.05) is 26.4 Å². The summed E-state index contributed by atoms with van der Waals surface area (Å²) in [5.41, 5.74) is 2.67. The molecular weight excluding hydrogens is 390 g/mol. The van der Waals surface area contributed by atoms with Crippen molar-refractivity contribution >= 4 is 23.6 Å². The Morgan fingerprint density at radius 2 is 2.24 bits per heavy atom. The molecule has 2 heterocycles. The number of nitrogens with one attached hydrogen (secondary N) is 1. The van der Waals surface area contributed by atoms with Gasteiger partial charge in [0.2, 0.25) is 5.91 Å². The SMILES string of the molecule is Cc1nn(Cc2ccccc2)c(Cl)c1C=CC(=O)NCCCOCC1CCCO1. The van der Waals surface area contributed by atoms with Crippen LogP contribution in [-0.2, 0) is 20.8 Å². The zero-order valence-electron chi connectivity index (χ0n) is 16.8. The topological polar surface area (TPSA) is 65.4 Å². The van der Waals surface area contributed by atoms with Gasteiger partial charge in [0.1, 0.15) is 5.15 Å². The molecule has 0 aliphatic carbocycles. The van der Waals surface area contributed by atoms with Gasteiger partial charge >= 0.3 is 0 Å². The normalized spacial score (nSPS) is 16.6. The van der Waals surface area contributed by atoms with Crippen LogP contribution in [0.2, 0.25) is 5.15 Å². The standard InChI is InChI=1S/C22H28ClN3O3/c1-17-20(22(23)26(25-17)15-18-7-3-2-4-8-18)10-11-21(27)24-12-6-13-28-16-19-9-5-14-29-19/h2-4,7-8,10-11,19H,5-6,9,12-16H2,1H3,(H,24,27). The van der Waals surface area contributed by atoms with Crippen molar-refractivity contribution in [1.29, 1.82) is 0 Å². The van der Waals surface area contributed by atoms with Gasteiger partial charge in [-0.05, 0) is 37.8 Å². The lowest BCUT2D eigenvalue weighted by molar-refractivity contribution is -0.116. The Labute approximate surface area is 176 Å². The van der Waals surface area contributed by atoms with Crippen molar-refractivity contribution in [2.45, 2.75) is 38.8 Å². The zero-order valence-corrected chi connectivity index (χ0v) is 17.5. The van der Waals surface area contributed by atoms with Crippen LogP contribution in [0.25, 0.3) is 6.08 Å². The fraction of sp³-hybridized carbons (Fsp3) is 0.455. The fourth-order valence-corrected chi connectivity index (χ4v) is 3.51. The van der Waals surface area contributed by atoms with Crippen LogP contribution < -0.4 is 5.32 Å². The first-order valence-corrected chi connectivity index (χ1v) is 10.4. The number of aryl methyl sites for hydroxylation is 1. The molecule has 6 nitrogen and oxygen atoms in total. The number of rotatable bonds is 10. The van der Waals surface area contributed by atoms with Crippen LogP contribution in [0.4, 0.5) is 0 Å². The highest BCUT2D eigenvalue weighted by Crippen LogP contribution is 2.22. The molecule has 0 spiro atoms. The molecule has 0 saturated carbocycles. The number of ether oxygens (including phenoxy) is 2. The van der Waals surface area contributed by atoms with Crippen molar-refractivity contribution in [2.24, 2.45) is 0 Å². The lowest BCUT2D eigenvalue weighted by atomic mass is 10.2. The summed E-state index contributed by atoms with van der Waals surface area (Å²) >= 11 is 6.47. The number of aromatic nitrogens is 2. The predicted octanol–water partition coefficient (Wildman–Crippen LogP) is 3.61. The van der Waals surface area contributed by atoms with E-state index in [9.17, 15) is 4.79 Å². The molecule has 1 atom stereocenters. The van der Waals surface area contributed by atoms with Crippen LogP contribution in [0.5, 0.6) is 0 Å². The number of hydrogen-bond donors (Lipinski definition) is 1. The molecule has 1 N–H and O–H groups in total. The summed E-state index contributed by atoms with van der Waals surface area (Å²) in [5, 5.41) is 7.87. The lowest BCUT2D eigenvalue weighted by Crippen LogP contribution is -2.23. The zero-order chi connectivity index (χ0) is 20.5. The fourth-order valence-electron chi connectivity index (χ4n) is 3.21. The Hall–Kier alpha value is -2.15. The van der Waals surface area contributed by atoms with E-state index in [0.717, 1.165) is 42.7 Å². The predicted molar refractivity (Wildman–Crippen MR) is 114 cm³/mol. The number of nitrogens with zero attached hydrogens (tertiary/aromatic N) is 2. The third-order valence-corrected chi connectivity index (χ3v) is 5.18. The van der Waals surface area contributed by atoms with Crippen molar-refractivity contribution in [3.63, 3.8) is 0 Å². The maximum absolute atomic E-state index is 12.0. The molecule has 1 aromatic carbocycles. The van der Waals surface area contributed by atoms with E-state index in [2.05, 4.69) is 10.4 Å². The van der Waals surface area contributed by atoms with E-state index >= 15 is 0 Å². The minimum atomic E-state index is -0.157. The summed E-state index contributed by atoms with van der Waals surface area (Å²) in [7, 11) is 0. The number of benzene rings is 1. The molecule has 7 heteroatoms. The van der Waals surface area contributed by atoms with Crippen LogP contribution >= 0.6 is 11.6 Å². The molecule has 29 heavy (non-hydrogen) atoms.